The predicted molar refractivity (Wildman–Crippen MR) is 134 cm³/mol. The summed E-state index contributed by atoms with van der Waals surface area (Å²) < 4.78 is 16.8. The minimum atomic E-state index is -0.382. The first-order chi connectivity index (χ1) is 15.9. The summed E-state index contributed by atoms with van der Waals surface area (Å²) in [5.74, 6) is 0.559. The maximum Gasteiger partial charge on any atom is 0.338 e. The van der Waals surface area contributed by atoms with E-state index in [1.54, 1.807) is 63.6 Å². The van der Waals surface area contributed by atoms with Crippen molar-refractivity contribution >= 4 is 56.5 Å². The van der Waals surface area contributed by atoms with Gasteiger partial charge in [0.15, 0.2) is 16.7 Å². The van der Waals surface area contributed by atoms with E-state index in [0.717, 1.165) is 5.56 Å². The van der Waals surface area contributed by atoms with Crippen molar-refractivity contribution in [3.63, 3.8) is 0 Å². The number of esters is 1. The van der Waals surface area contributed by atoms with Gasteiger partial charge in [-0.05, 0) is 82.7 Å². The van der Waals surface area contributed by atoms with Gasteiger partial charge in [0.1, 0.15) is 6.61 Å². The van der Waals surface area contributed by atoms with E-state index >= 15 is 0 Å². The summed E-state index contributed by atoms with van der Waals surface area (Å²) in [6.07, 6.45) is 3.43. The third-order valence-corrected chi connectivity index (χ3v) is 6.15. The number of rotatable bonds is 8. The zero-order valence-corrected chi connectivity index (χ0v) is 20.9. The molecule has 7 nitrogen and oxygen atoms in total. The summed E-state index contributed by atoms with van der Waals surface area (Å²) in [5, 5.41) is 0.534. The normalized spacial score (nSPS) is 15.8. The van der Waals surface area contributed by atoms with Crippen LogP contribution in [0.3, 0.4) is 0 Å². The van der Waals surface area contributed by atoms with Crippen molar-refractivity contribution in [1.29, 1.82) is 0 Å². The molecule has 1 saturated heterocycles. The molecule has 0 N–H and O–H groups in total. The van der Waals surface area contributed by atoms with Gasteiger partial charge in [0.2, 0.25) is 0 Å². The highest BCUT2D eigenvalue weighted by Gasteiger charge is 2.30. The van der Waals surface area contributed by atoms with Crippen LogP contribution in [0.25, 0.3) is 6.08 Å². The fourth-order valence-corrected chi connectivity index (χ4v) is 4.47. The predicted octanol–water partition coefficient (Wildman–Crippen LogP) is 5.43. The number of likely N-dealkylation sites (N-methyl/N-ethyl adjacent to an activating group) is 1. The van der Waals surface area contributed by atoms with Crippen molar-refractivity contribution in [2.75, 3.05) is 27.4 Å². The molecule has 1 heterocycles. The number of nitrogens with zero attached hydrogens (tertiary/aromatic N) is 2. The van der Waals surface area contributed by atoms with Gasteiger partial charge >= 0.3 is 5.97 Å². The number of hydrogen-bond acceptors (Lipinski definition) is 7. The van der Waals surface area contributed by atoms with E-state index in [4.69, 9.17) is 14.2 Å². The number of carbonyl (C=O) groups excluding carboxylic acids is 2. The standard InChI is InChI=1S/C24H23BrN2O5S/c1-5-11-32-21-18(25)12-15(13-19(21)30-4)14-20-22(28)27(3)24(33-20)26-17-9-7-16(8-10-17)23(29)31-6-2/h5,7-10,12-14H,1,6,11H2,2-4H3/b20-14+,26-24?. The van der Waals surface area contributed by atoms with Crippen molar-refractivity contribution < 1.29 is 23.8 Å². The smallest absolute Gasteiger partial charge is 0.338 e. The molecule has 9 heteroatoms. The molecule has 1 aliphatic rings. The zero-order chi connectivity index (χ0) is 24.0. The Bertz CT molecular complexity index is 1130. The topological polar surface area (TPSA) is 77.4 Å². The van der Waals surface area contributed by atoms with Crippen LogP contribution in [-0.2, 0) is 9.53 Å². The minimum absolute atomic E-state index is 0.163. The van der Waals surface area contributed by atoms with Crippen LogP contribution in [0.2, 0.25) is 0 Å². The van der Waals surface area contributed by atoms with Crippen LogP contribution in [0.1, 0.15) is 22.8 Å². The number of ether oxygens (including phenoxy) is 3. The molecule has 0 atom stereocenters. The van der Waals surface area contributed by atoms with Crippen molar-refractivity contribution in [2.45, 2.75) is 6.92 Å². The van der Waals surface area contributed by atoms with E-state index in [2.05, 4.69) is 27.5 Å². The summed E-state index contributed by atoms with van der Waals surface area (Å²) in [6.45, 7) is 6.07. The number of thioether (sulfide) groups is 1. The number of methoxy groups -OCH3 is 1. The van der Waals surface area contributed by atoms with Crippen LogP contribution in [0.4, 0.5) is 5.69 Å². The lowest BCUT2D eigenvalue weighted by Crippen LogP contribution is -2.23. The maximum atomic E-state index is 12.8. The average Bonchev–Trinajstić information content (AvgIpc) is 3.06. The van der Waals surface area contributed by atoms with E-state index in [0.29, 0.717) is 50.5 Å². The SMILES string of the molecule is C=CCOc1c(Br)cc(/C=C2/SC(=Nc3ccc(C(=O)OCC)cc3)N(C)C2=O)cc1OC. The van der Waals surface area contributed by atoms with Crippen molar-refractivity contribution in [2.24, 2.45) is 4.99 Å². The van der Waals surface area contributed by atoms with E-state index < -0.39 is 0 Å². The molecule has 2 aromatic carbocycles. The number of carbonyl (C=O) groups is 2. The van der Waals surface area contributed by atoms with Crippen molar-refractivity contribution in [3.8, 4) is 11.5 Å². The quantitative estimate of drug-likeness (QED) is 0.257. The largest absolute Gasteiger partial charge is 0.493 e. The van der Waals surface area contributed by atoms with Crippen LogP contribution in [0, 0.1) is 0 Å². The second-order valence-corrected chi connectivity index (χ2v) is 8.63. The molecule has 0 saturated carbocycles. The van der Waals surface area contributed by atoms with Crippen molar-refractivity contribution in [3.05, 3.63) is 69.6 Å². The average molecular weight is 531 g/mol. The number of benzene rings is 2. The number of amidine groups is 1. The summed E-state index contributed by atoms with van der Waals surface area (Å²) in [5.41, 5.74) is 1.85. The Labute approximate surface area is 205 Å². The molecule has 0 unspecified atom stereocenters. The Kier molecular flexibility index (Phi) is 8.35. The molecule has 0 aromatic heterocycles. The first-order valence-electron chi connectivity index (χ1n) is 10.0. The Hall–Kier alpha value is -3.04. The van der Waals surface area contributed by atoms with Crippen LogP contribution in [0.15, 0.2) is 63.4 Å². The van der Waals surface area contributed by atoms with E-state index in [1.165, 1.54) is 16.7 Å². The van der Waals surface area contributed by atoms with Gasteiger partial charge in [-0.1, -0.05) is 12.7 Å². The lowest BCUT2D eigenvalue weighted by Gasteiger charge is -2.12. The van der Waals surface area contributed by atoms with Crippen LogP contribution >= 0.6 is 27.7 Å². The van der Waals surface area contributed by atoms with Gasteiger partial charge in [-0.15, -0.1) is 0 Å². The van der Waals surface area contributed by atoms with Crippen LogP contribution < -0.4 is 9.47 Å². The van der Waals surface area contributed by atoms with Crippen LogP contribution in [0.5, 0.6) is 11.5 Å². The third kappa shape index (κ3) is 5.85. The Morgan fingerprint density at radius 1 is 1.27 bits per heavy atom. The Morgan fingerprint density at radius 2 is 2.00 bits per heavy atom. The monoisotopic (exact) mass is 530 g/mol. The van der Waals surface area contributed by atoms with Crippen LogP contribution in [-0.4, -0.2) is 49.3 Å². The molecule has 1 amide bonds. The molecule has 33 heavy (non-hydrogen) atoms. The Morgan fingerprint density at radius 3 is 2.64 bits per heavy atom. The van der Waals surface area contributed by atoms with Gasteiger partial charge in [-0.25, -0.2) is 9.79 Å². The molecule has 3 rings (SSSR count). The molecule has 172 valence electrons. The highest BCUT2D eigenvalue weighted by Crippen LogP contribution is 2.39. The molecule has 2 aromatic rings. The number of halogens is 1. The number of hydrogen-bond donors (Lipinski definition) is 0. The fraction of sp³-hybridized carbons (Fsp3) is 0.208. The molecule has 0 aliphatic carbocycles. The maximum absolute atomic E-state index is 12.8. The number of amides is 1. The minimum Gasteiger partial charge on any atom is -0.493 e. The first-order valence-corrected chi connectivity index (χ1v) is 11.6. The Balaban J connectivity index is 1.84. The second kappa shape index (κ2) is 11.2. The van der Waals surface area contributed by atoms with Gasteiger partial charge in [0.25, 0.3) is 5.91 Å². The van der Waals surface area contributed by atoms with E-state index in [-0.39, 0.29) is 11.9 Å². The number of aliphatic imine (C=N–C) groups is 1. The summed E-state index contributed by atoms with van der Waals surface area (Å²) in [4.78, 5) is 31.2. The van der Waals surface area contributed by atoms with Gasteiger partial charge in [-0.3, -0.25) is 9.69 Å². The summed E-state index contributed by atoms with van der Waals surface area (Å²) in [7, 11) is 3.23. The fourth-order valence-electron chi connectivity index (χ4n) is 2.91. The molecule has 0 spiro atoms. The highest BCUT2D eigenvalue weighted by atomic mass is 79.9. The van der Waals surface area contributed by atoms with Crippen molar-refractivity contribution in [1.82, 2.24) is 4.90 Å². The van der Waals surface area contributed by atoms with Gasteiger partial charge in [0, 0.05) is 7.05 Å². The summed E-state index contributed by atoms with van der Waals surface area (Å²) in [6, 6.07) is 10.4. The molecular formula is C24H23BrN2O5S. The summed E-state index contributed by atoms with van der Waals surface area (Å²) >= 11 is 4.77. The van der Waals surface area contributed by atoms with E-state index in [9.17, 15) is 9.59 Å². The van der Waals surface area contributed by atoms with Gasteiger partial charge in [0.05, 0.1) is 34.3 Å². The van der Waals surface area contributed by atoms with Gasteiger partial charge in [-0.2, -0.15) is 0 Å². The highest BCUT2D eigenvalue weighted by molar-refractivity contribution is 9.10. The lowest BCUT2D eigenvalue weighted by molar-refractivity contribution is -0.121. The molecule has 1 aliphatic heterocycles. The molecule has 0 bridgehead atoms. The lowest BCUT2D eigenvalue weighted by atomic mass is 10.2. The van der Waals surface area contributed by atoms with Gasteiger partial charge < -0.3 is 14.2 Å². The van der Waals surface area contributed by atoms with E-state index in [1.807, 2.05) is 6.07 Å². The molecular weight excluding hydrogens is 508 g/mol. The first kappa shape index (κ1) is 24.6. The third-order valence-electron chi connectivity index (χ3n) is 4.50. The second-order valence-electron chi connectivity index (χ2n) is 6.77. The zero-order valence-electron chi connectivity index (χ0n) is 18.5. The molecule has 0 radical (unpaired) electrons. The molecule has 1 fully saturated rings.